The van der Waals surface area contributed by atoms with Crippen LogP contribution in [0.5, 0.6) is 0 Å². The predicted molar refractivity (Wildman–Crippen MR) is 169 cm³/mol. The fraction of sp³-hybridized carbons (Fsp3) is 1.00. The average Bonchev–Trinajstić information content (AvgIpc) is 3.35. The molecule has 0 amide bonds. The molecule has 46 heavy (non-hydrogen) atoms. The normalized spacial score (nSPS) is 58.1. The van der Waals surface area contributed by atoms with Gasteiger partial charge < -0.3 is 50.0 Å². The number of ether oxygens (including phenoxy) is 3. The van der Waals surface area contributed by atoms with Crippen LogP contribution < -0.4 is 0 Å². The molecule has 2 saturated heterocycles. The molecule has 0 aromatic carbocycles. The van der Waals surface area contributed by atoms with Crippen molar-refractivity contribution in [3.05, 3.63) is 0 Å². The summed E-state index contributed by atoms with van der Waals surface area (Å²) in [6, 6.07) is 0. The monoisotopic (exact) mass is 654 g/mol. The van der Waals surface area contributed by atoms with Gasteiger partial charge in [0.15, 0.2) is 6.29 Å². The predicted octanol–water partition coefficient (Wildman–Crippen LogP) is 2.51. The summed E-state index contributed by atoms with van der Waals surface area (Å²) in [5, 5.41) is 76.3. The second-order valence-electron chi connectivity index (χ2n) is 18.4. The smallest absolute Gasteiger partial charge is 0.186 e. The number of hydrogen-bond donors (Lipinski definition) is 7. The van der Waals surface area contributed by atoms with Crippen molar-refractivity contribution in [1.29, 1.82) is 0 Å². The first kappa shape index (κ1) is 35.4. The molecule has 266 valence electrons. The Balaban J connectivity index is 1.40. The molecular formula is C36H62O10. The highest BCUT2D eigenvalue weighted by atomic mass is 16.7. The molecule has 0 aromatic rings. The van der Waals surface area contributed by atoms with E-state index in [9.17, 15) is 35.7 Å². The maximum atomic E-state index is 12.2. The van der Waals surface area contributed by atoms with Crippen LogP contribution in [0, 0.1) is 45.3 Å². The van der Waals surface area contributed by atoms with Crippen molar-refractivity contribution in [3.8, 4) is 0 Å². The van der Waals surface area contributed by atoms with Crippen molar-refractivity contribution in [2.24, 2.45) is 45.3 Å². The van der Waals surface area contributed by atoms with E-state index in [1.807, 2.05) is 13.8 Å². The van der Waals surface area contributed by atoms with Crippen LogP contribution in [0.25, 0.3) is 0 Å². The van der Waals surface area contributed by atoms with E-state index in [-0.39, 0.29) is 39.9 Å². The highest BCUT2D eigenvalue weighted by Crippen LogP contribution is 2.76. The molecule has 0 spiro atoms. The quantitative estimate of drug-likeness (QED) is 0.224. The molecule has 6 rings (SSSR count). The van der Waals surface area contributed by atoms with Crippen molar-refractivity contribution in [2.45, 2.75) is 173 Å². The van der Waals surface area contributed by atoms with E-state index >= 15 is 0 Å². The molecule has 4 aliphatic carbocycles. The number of aliphatic hydroxyl groups excluding tert-OH is 7. The van der Waals surface area contributed by atoms with Gasteiger partial charge in [-0.1, -0.05) is 34.6 Å². The van der Waals surface area contributed by atoms with Crippen molar-refractivity contribution in [2.75, 3.05) is 6.61 Å². The van der Waals surface area contributed by atoms with E-state index in [1.165, 1.54) is 0 Å². The van der Waals surface area contributed by atoms with Gasteiger partial charge in [0.2, 0.25) is 0 Å². The molecule has 0 aromatic heterocycles. The van der Waals surface area contributed by atoms with Gasteiger partial charge in [0.1, 0.15) is 24.4 Å². The van der Waals surface area contributed by atoms with E-state index in [2.05, 4.69) is 41.5 Å². The van der Waals surface area contributed by atoms with Crippen molar-refractivity contribution in [3.63, 3.8) is 0 Å². The van der Waals surface area contributed by atoms with Crippen molar-refractivity contribution in [1.82, 2.24) is 0 Å². The minimum absolute atomic E-state index is 0.0277. The maximum absolute atomic E-state index is 12.2. The minimum Gasteiger partial charge on any atom is -0.394 e. The van der Waals surface area contributed by atoms with Crippen LogP contribution in [0.4, 0.5) is 0 Å². The van der Waals surface area contributed by atoms with Crippen LogP contribution in [0.2, 0.25) is 0 Å². The standard InChI is InChI=1S/C36H62O10/c1-31(2)23(39)10-12-33(5)22-15-19(38)25-18(36(8)14-11-24(40)32(3,4)46-36)9-13-34(25,6)35(22,7)16-20(29(31)33)44-30-28(43)27(42)26(41)21(17-37)45-30/h18-30,37-43H,9-17H2,1-8H3/t18-,19+,20-,21+,22+,23-,24-,25-,26+,27-,28+,29-,30+,33+,34+,35+,36-/m0/s1. The third-order valence-corrected chi connectivity index (χ3v) is 15.4. The lowest BCUT2D eigenvalue weighted by atomic mass is 9.34. The summed E-state index contributed by atoms with van der Waals surface area (Å²) in [6.45, 7) is 16.7. The van der Waals surface area contributed by atoms with Gasteiger partial charge in [-0.15, -0.1) is 0 Å². The number of fused-ring (bicyclic) bond motifs is 5. The highest BCUT2D eigenvalue weighted by Gasteiger charge is 2.74. The van der Waals surface area contributed by atoms with Gasteiger partial charge in [-0.3, -0.25) is 0 Å². The Kier molecular flexibility index (Phi) is 8.71. The first-order valence-electron chi connectivity index (χ1n) is 17.9. The first-order chi connectivity index (χ1) is 21.2. The average molecular weight is 655 g/mol. The summed E-state index contributed by atoms with van der Waals surface area (Å²) in [4.78, 5) is 0. The highest BCUT2D eigenvalue weighted by molar-refractivity contribution is 5.22. The molecule has 2 aliphatic heterocycles. The lowest BCUT2D eigenvalue weighted by molar-refractivity contribution is -0.347. The summed E-state index contributed by atoms with van der Waals surface area (Å²) in [7, 11) is 0. The SMILES string of the molecule is CC1(C)O[C@](C)([C@H]2CC[C@]3(C)[C@@H]2[C@H](O)C[C@@H]2[C@@]4(C)CC[C@H](O)C(C)(C)[C@@H]4[C@@H](O[C@@H]4O[C@H](CO)[C@@H](O)[C@H](O)[C@H]4O)C[C@]23C)CC[C@@H]1O. The molecule has 7 N–H and O–H groups in total. The number of aliphatic hydroxyl groups is 7. The Hall–Kier alpha value is -0.400. The molecule has 10 nitrogen and oxygen atoms in total. The minimum atomic E-state index is -1.54. The fourth-order valence-corrected chi connectivity index (χ4v) is 12.8. The van der Waals surface area contributed by atoms with Crippen LogP contribution in [0.15, 0.2) is 0 Å². The lowest BCUT2D eigenvalue weighted by Gasteiger charge is -2.72. The lowest BCUT2D eigenvalue weighted by Crippen LogP contribution is -2.71. The zero-order valence-electron chi connectivity index (χ0n) is 29.2. The fourth-order valence-electron chi connectivity index (χ4n) is 12.8. The third-order valence-electron chi connectivity index (χ3n) is 15.4. The molecule has 6 aliphatic rings. The summed E-state index contributed by atoms with van der Waals surface area (Å²) in [5.41, 5.74) is -2.61. The molecule has 17 atom stereocenters. The van der Waals surface area contributed by atoms with E-state index < -0.39 is 78.3 Å². The van der Waals surface area contributed by atoms with Crippen LogP contribution in [-0.4, -0.2) is 109 Å². The van der Waals surface area contributed by atoms with Crippen molar-refractivity contribution < 1.29 is 50.0 Å². The van der Waals surface area contributed by atoms with Gasteiger partial charge in [0.25, 0.3) is 0 Å². The molecule has 0 bridgehead atoms. The Morgan fingerprint density at radius 3 is 2.02 bits per heavy atom. The molecule has 4 saturated carbocycles. The molecule has 0 radical (unpaired) electrons. The topological polar surface area (TPSA) is 169 Å². The summed E-state index contributed by atoms with van der Waals surface area (Å²) < 4.78 is 19.4. The molecular weight excluding hydrogens is 592 g/mol. The van der Waals surface area contributed by atoms with Gasteiger partial charge >= 0.3 is 0 Å². The summed E-state index contributed by atoms with van der Waals surface area (Å²) in [6.07, 6.45) is -3.11. The Bertz CT molecular complexity index is 1150. The maximum Gasteiger partial charge on any atom is 0.186 e. The van der Waals surface area contributed by atoms with E-state index in [0.29, 0.717) is 25.7 Å². The second kappa shape index (κ2) is 11.3. The summed E-state index contributed by atoms with van der Waals surface area (Å²) >= 11 is 0. The van der Waals surface area contributed by atoms with Crippen LogP contribution in [0.3, 0.4) is 0 Å². The zero-order valence-corrected chi connectivity index (χ0v) is 29.2. The van der Waals surface area contributed by atoms with E-state index in [1.54, 1.807) is 0 Å². The van der Waals surface area contributed by atoms with Gasteiger partial charge in [-0.05, 0) is 117 Å². The van der Waals surface area contributed by atoms with Crippen LogP contribution >= 0.6 is 0 Å². The first-order valence-corrected chi connectivity index (χ1v) is 17.9. The summed E-state index contributed by atoms with van der Waals surface area (Å²) in [5.74, 6) is 0.0667. The van der Waals surface area contributed by atoms with Crippen LogP contribution in [0.1, 0.15) is 107 Å². The van der Waals surface area contributed by atoms with Crippen molar-refractivity contribution >= 4 is 0 Å². The third kappa shape index (κ3) is 4.86. The van der Waals surface area contributed by atoms with E-state index in [0.717, 1.165) is 25.7 Å². The van der Waals surface area contributed by atoms with E-state index in [4.69, 9.17) is 14.2 Å². The van der Waals surface area contributed by atoms with Gasteiger partial charge in [0.05, 0.1) is 42.2 Å². The largest absolute Gasteiger partial charge is 0.394 e. The number of rotatable bonds is 4. The zero-order chi connectivity index (χ0) is 34.0. The number of hydrogen-bond acceptors (Lipinski definition) is 10. The Labute approximate surface area is 274 Å². The Morgan fingerprint density at radius 2 is 1.39 bits per heavy atom. The molecule has 10 heteroatoms. The van der Waals surface area contributed by atoms with Gasteiger partial charge in [-0.2, -0.15) is 0 Å². The Morgan fingerprint density at radius 1 is 0.739 bits per heavy atom. The second-order valence-corrected chi connectivity index (χ2v) is 18.4. The van der Waals surface area contributed by atoms with Crippen LogP contribution in [-0.2, 0) is 14.2 Å². The molecule has 2 heterocycles. The van der Waals surface area contributed by atoms with Gasteiger partial charge in [-0.25, -0.2) is 0 Å². The molecule has 6 fully saturated rings. The molecule has 0 unspecified atom stereocenters. The van der Waals surface area contributed by atoms with Gasteiger partial charge in [0, 0.05) is 0 Å².